The molecule has 0 atom stereocenters. The Morgan fingerprint density at radius 2 is 2.00 bits per heavy atom. The van der Waals surface area contributed by atoms with E-state index in [0.29, 0.717) is 10.5 Å². The lowest BCUT2D eigenvalue weighted by Gasteiger charge is -1.93. The van der Waals surface area contributed by atoms with Gasteiger partial charge in [0.15, 0.2) is 5.88 Å². The van der Waals surface area contributed by atoms with Gasteiger partial charge in [0.25, 0.3) is 0 Å². The van der Waals surface area contributed by atoms with E-state index in [-0.39, 0.29) is 0 Å². The summed E-state index contributed by atoms with van der Waals surface area (Å²) in [5.41, 5.74) is 10.5. The zero-order valence-corrected chi connectivity index (χ0v) is 6.68. The smallest absolute Gasteiger partial charge is 0.183 e. The third-order valence-corrected chi connectivity index (χ3v) is 0.907. The highest BCUT2D eigenvalue weighted by Crippen LogP contribution is 1.95. The first kappa shape index (κ1) is 8.36. The maximum Gasteiger partial charge on any atom is 0.183 e. The highest BCUT2D eigenvalue weighted by Gasteiger charge is 1.80. The second-order valence-corrected chi connectivity index (χ2v) is 2.24. The number of allylic oxidation sites excluding steroid dienone is 2. The molecule has 0 aliphatic carbocycles. The minimum Gasteiger partial charge on any atom is -0.483 e. The first-order chi connectivity index (χ1) is 4.16. The molecule has 4 heteroatoms. The second kappa shape index (κ2) is 4.26. The Bertz CT molecular complexity index is 138. The molecule has 0 unspecified atom stereocenters. The number of methoxy groups -OCH3 is 1. The Morgan fingerprint density at radius 1 is 1.44 bits per heavy atom. The molecule has 0 amide bonds. The summed E-state index contributed by atoms with van der Waals surface area (Å²) in [5.74, 6) is 0.331. The molecule has 0 fully saturated rings. The second-order valence-electron chi connectivity index (χ2n) is 1.32. The van der Waals surface area contributed by atoms with Crippen molar-refractivity contribution in [1.82, 2.24) is 0 Å². The molecule has 0 saturated heterocycles. The van der Waals surface area contributed by atoms with Crippen LogP contribution < -0.4 is 11.5 Å². The topological polar surface area (TPSA) is 61.3 Å². The summed E-state index contributed by atoms with van der Waals surface area (Å²) >= 11 is 3.02. The fraction of sp³-hybridized carbons (Fsp3) is 0.200. The van der Waals surface area contributed by atoms with E-state index in [2.05, 4.69) is 20.7 Å². The average molecular weight is 193 g/mol. The number of ether oxygens (including phenoxy) is 1. The standard InChI is InChI=1S/C5H9BrN2O/c1-9-5(8)3-2-4(6)7/h2-3H,7-8H2,1H3/b4-2-,5-3+. The van der Waals surface area contributed by atoms with Crippen LogP contribution in [0, 0.1) is 0 Å². The van der Waals surface area contributed by atoms with Gasteiger partial charge in [0, 0.05) is 6.08 Å². The molecule has 0 spiro atoms. The molecule has 0 aromatic heterocycles. The van der Waals surface area contributed by atoms with Gasteiger partial charge < -0.3 is 16.2 Å². The fourth-order valence-electron chi connectivity index (χ4n) is 0.230. The van der Waals surface area contributed by atoms with Gasteiger partial charge in [-0.15, -0.1) is 0 Å². The van der Waals surface area contributed by atoms with Crippen molar-refractivity contribution < 1.29 is 4.74 Å². The van der Waals surface area contributed by atoms with Crippen LogP contribution in [0.1, 0.15) is 0 Å². The van der Waals surface area contributed by atoms with Gasteiger partial charge >= 0.3 is 0 Å². The van der Waals surface area contributed by atoms with Crippen molar-refractivity contribution >= 4 is 15.9 Å². The van der Waals surface area contributed by atoms with Gasteiger partial charge in [-0.2, -0.15) is 0 Å². The van der Waals surface area contributed by atoms with Crippen LogP contribution in [0.15, 0.2) is 22.6 Å². The number of hydrogen-bond donors (Lipinski definition) is 2. The predicted octanol–water partition coefficient (Wildman–Crippen LogP) is 0.628. The van der Waals surface area contributed by atoms with Gasteiger partial charge in [-0.1, -0.05) is 0 Å². The van der Waals surface area contributed by atoms with E-state index in [9.17, 15) is 0 Å². The normalized spacial score (nSPS) is 13.6. The first-order valence-electron chi connectivity index (χ1n) is 2.29. The zero-order valence-electron chi connectivity index (χ0n) is 5.10. The number of nitrogens with two attached hydrogens (primary N) is 2. The summed E-state index contributed by atoms with van der Waals surface area (Å²) in [6, 6.07) is 0. The Morgan fingerprint density at radius 3 is 2.33 bits per heavy atom. The molecule has 0 rings (SSSR count). The van der Waals surface area contributed by atoms with Crippen LogP contribution in [0.25, 0.3) is 0 Å². The summed E-state index contributed by atoms with van der Waals surface area (Å²) < 4.78 is 5.13. The molecule has 0 heterocycles. The van der Waals surface area contributed by atoms with Crippen LogP contribution >= 0.6 is 15.9 Å². The van der Waals surface area contributed by atoms with Crippen LogP contribution in [0.5, 0.6) is 0 Å². The lowest BCUT2D eigenvalue weighted by molar-refractivity contribution is 0.287. The third-order valence-electron chi connectivity index (χ3n) is 0.643. The Labute approximate surface area is 62.5 Å². The van der Waals surface area contributed by atoms with E-state index >= 15 is 0 Å². The molecule has 9 heavy (non-hydrogen) atoms. The zero-order chi connectivity index (χ0) is 7.28. The fourth-order valence-corrected chi connectivity index (χ4v) is 0.362. The van der Waals surface area contributed by atoms with Crippen LogP contribution in [0.2, 0.25) is 0 Å². The maximum atomic E-state index is 5.24. The van der Waals surface area contributed by atoms with Crippen molar-refractivity contribution in [1.29, 1.82) is 0 Å². The van der Waals surface area contributed by atoms with E-state index in [1.165, 1.54) is 7.11 Å². The van der Waals surface area contributed by atoms with Crippen LogP contribution in [-0.2, 0) is 4.74 Å². The number of halogens is 1. The van der Waals surface area contributed by atoms with Gasteiger partial charge in [0.1, 0.15) is 0 Å². The SMILES string of the molecule is CO/C(N)=C/C=C(\N)Br. The number of hydrogen-bond acceptors (Lipinski definition) is 3. The Balaban J connectivity index is 3.83. The van der Waals surface area contributed by atoms with Gasteiger partial charge in [-0.05, 0) is 22.0 Å². The Kier molecular flexibility index (Phi) is 3.96. The van der Waals surface area contributed by atoms with Crippen molar-refractivity contribution in [2.24, 2.45) is 11.5 Å². The predicted molar refractivity (Wildman–Crippen MR) is 40.5 cm³/mol. The lowest BCUT2D eigenvalue weighted by atomic mass is 10.5. The van der Waals surface area contributed by atoms with E-state index in [0.717, 1.165) is 0 Å². The molecule has 0 aliphatic heterocycles. The first-order valence-corrected chi connectivity index (χ1v) is 3.08. The van der Waals surface area contributed by atoms with Gasteiger partial charge in [-0.25, -0.2) is 0 Å². The minimum atomic E-state index is 0.331. The molecule has 0 radical (unpaired) electrons. The maximum absolute atomic E-state index is 5.24. The molecule has 4 N–H and O–H groups in total. The summed E-state index contributed by atoms with van der Waals surface area (Å²) in [4.78, 5) is 0. The van der Waals surface area contributed by atoms with Crippen LogP contribution in [-0.4, -0.2) is 7.11 Å². The molecular weight excluding hydrogens is 184 g/mol. The highest BCUT2D eigenvalue weighted by molar-refractivity contribution is 9.11. The average Bonchev–Trinajstić information content (AvgIpc) is 1.83. The summed E-state index contributed by atoms with van der Waals surface area (Å²) in [6.45, 7) is 0. The van der Waals surface area contributed by atoms with Gasteiger partial charge in [-0.3, -0.25) is 0 Å². The molecule has 0 bridgehead atoms. The summed E-state index contributed by atoms with van der Waals surface area (Å²) in [6.07, 6.45) is 3.16. The van der Waals surface area contributed by atoms with E-state index in [1.807, 2.05) is 0 Å². The molecule has 52 valence electrons. The van der Waals surface area contributed by atoms with E-state index in [4.69, 9.17) is 11.5 Å². The quantitative estimate of drug-likeness (QED) is 0.384. The van der Waals surface area contributed by atoms with Crippen molar-refractivity contribution in [3.63, 3.8) is 0 Å². The molecule has 0 aromatic carbocycles. The molecule has 0 aromatic rings. The van der Waals surface area contributed by atoms with Crippen LogP contribution in [0.3, 0.4) is 0 Å². The van der Waals surface area contributed by atoms with Gasteiger partial charge in [0.2, 0.25) is 0 Å². The monoisotopic (exact) mass is 192 g/mol. The molecule has 0 saturated carbocycles. The van der Waals surface area contributed by atoms with E-state index in [1.54, 1.807) is 12.2 Å². The van der Waals surface area contributed by atoms with Crippen molar-refractivity contribution in [2.75, 3.05) is 7.11 Å². The summed E-state index contributed by atoms with van der Waals surface area (Å²) in [5, 5.41) is 0. The third kappa shape index (κ3) is 5.23. The van der Waals surface area contributed by atoms with Crippen molar-refractivity contribution in [3.05, 3.63) is 22.6 Å². The van der Waals surface area contributed by atoms with Crippen molar-refractivity contribution in [2.45, 2.75) is 0 Å². The van der Waals surface area contributed by atoms with Gasteiger partial charge in [0.05, 0.1) is 11.7 Å². The summed E-state index contributed by atoms with van der Waals surface area (Å²) in [7, 11) is 1.49. The van der Waals surface area contributed by atoms with E-state index < -0.39 is 0 Å². The lowest BCUT2D eigenvalue weighted by Crippen LogP contribution is -1.98. The highest BCUT2D eigenvalue weighted by atomic mass is 79.9. The van der Waals surface area contributed by atoms with Crippen molar-refractivity contribution in [3.8, 4) is 0 Å². The molecule has 3 nitrogen and oxygen atoms in total. The largest absolute Gasteiger partial charge is 0.483 e. The minimum absolute atomic E-state index is 0.331. The molecular formula is C5H9BrN2O. The molecule has 0 aliphatic rings. The Hall–Kier alpha value is -0.640. The number of rotatable bonds is 2. The van der Waals surface area contributed by atoms with Crippen LogP contribution in [0.4, 0.5) is 0 Å².